The number of rotatable bonds is 6. The Bertz CT molecular complexity index is 832. The van der Waals surface area contributed by atoms with Crippen LogP contribution in [0.3, 0.4) is 0 Å². The fourth-order valence-corrected chi connectivity index (χ4v) is 3.60. The molecule has 1 fully saturated rings. The van der Waals surface area contributed by atoms with Gasteiger partial charge in [0.15, 0.2) is 6.17 Å². The second kappa shape index (κ2) is 8.82. The summed E-state index contributed by atoms with van der Waals surface area (Å²) >= 11 is 0. The molecule has 1 aliphatic carbocycles. The second-order valence-corrected chi connectivity index (χ2v) is 7.86. The predicted molar refractivity (Wildman–Crippen MR) is 114 cm³/mol. The first-order valence-corrected chi connectivity index (χ1v) is 10.0. The Morgan fingerprint density at radius 1 is 1.41 bits per heavy atom. The lowest BCUT2D eigenvalue weighted by Gasteiger charge is -2.34. The summed E-state index contributed by atoms with van der Waals surface area (Å²) in [6.45, 7) is 12.9. The van der Waals surface area contributed by atoms with Gasteiger partial charge in [-0.05, 0) is 27.0 Å². The predicted octanol–water partition coefficient (Wildman–Crippen LogP) is 2.61. The Balaban J connectivity index is 1.96. The van der Waals surface area contributed by atoms with Crippen LogP contribution in [0.25, 0.3) is 6.08 Å². The minimum absolute atomic E-state index is 0.113. The van der Waals surface area contributed by atoms with E-state index in [-0.39, 0.29) is 6.10 Å². The first-order valence-electron chi connectivity index (χ1n) is 10.0. The van der Waals surface area contributed by atoms with Gasteiger partial charge < -0.3 is 20.3 Å². The maximum absolute atomic E-state index is 14.8. The van der Waals surface area contributed by atoms with Crippen LogP contribution in [0.15, 0.2) is 35.4 Å². The fraction of sp³-hybridized carbons (Fsp3) is 0.524. The van der Waals surface area contributed by atoms with Gasteiger partial charge in [-0.3, -0.25) is 10.1 Å². The second-order valence-electron chi connectivity index (χ2n) is 7.86. The molecule has 0 unspecified atom stereocenters. The Kier molecular flexibility index (Phi) is 6.42. The zero-order valence-electron chi connectivity index (χ0n) is 17.7. The monoisotopic (exact) mass is 402 g/mol. The Hall–Kier alpha value is -2.61. The molecule has 3 N–H and O–H groups in total. The van der Waals surface area contributed by atoms with Gasteiger partial charge in [-0.2, -0.15) is 5.10 Å². The van der Waals surface area contributed by atoms with E-state index in [0.717, 1.165) is 37.4 Å². The van der Waals surface area contributed by atoms with E-state index in [2.05, 4.69) is 38.6 Å². The van der Waals surface area contributed by atoms with E-state index in [1.165, 1.54) is 6.20 Å². The van der Waals surface area contributed by atoms with E-state index in [1.54, 1.807) is 6.08 Å². The number of likely N-dealkylation sites (N-methyl/N-ethyl adjacent to an activating group) is 1. The maximum Gasteiger partial charge on any atom is 0.165 e. The molecule has 0 bridgehead atoms. The molecule has 7 nitrogen and oxygen atoms in total. The van der Waals surface area contributed by atoms with E-state index in [0.29, 0.717) is 23.0 Å². The van der Waals surface area contributed by atoms with Crippen molar-refractivity contribution in [2.24, 2.45) is 10.7 Å². The number of aliphatic imine (C=N–C) groups is 1. The van der Waals surface area contributed by atoms with E-state index < -0.39 is 12.1 Å². The lowest BCUT2D eigenvalue weighted by molar-refractivity contribution is 0.0997. The molecule has 1 aromatic rings. The number of nitrogens with one attached hydrogen (secondary N) is 1. The van der Waals surface area contributed by atoms with Crippen LogP contribution in [-0.2, 0) is 4.74 Å². The Labute approximate surface area is 171 Å². The molecule has 0 saturated carbocycles. The molecule has 0 spiro atoms. The van der Waals surface area contributed by atoms with Crippen LogP contribution in [0, 0.1) is 0 Å². The van der Waals surface area contributed by atoms with Crippen molar-refractivity contribution in [3.8, 4) is 0 Å². The molecule has 2 aliphatic rings. The average Bonchev–Trinajstić information content (AvgIpc) is 3.09. The summed E-state index contributed by atoms with van der Waals surface area (Å²) in [4.78, 5) is 8.79. The molecule has 1 saturated heterocycles. The van der Waals surface area contributed by atoms with Crippen molar-refractivity contribution < 1.29 is 9.13 Å². The molecule has 29 heavy (non-hydrogen) atoms. The van der Waals surface area contributed by atoms with Crippen molar-refractivity contribution in [1.29, 1.82) is 0 Å². The molecular formula is C21H31FN6O. The number of ether oxygens (including phenoxy) is 1. The lowest BCUT2D eigenvalue weighted by atomic mass is 9.89. The standard InChI is InChI=1S/C21H31FN6O/c1-6-24-16(12-18(23)28-9-7-27(5)8-10-28)21-15-11-17(29-13(2)3)19(22)14(4)20(15)25-26-21/h6,11-14,19H,1,7-10,23H2,2-5H3,(H,25,26)/b18-12+,24-16+/t14-,19+/m1/s1. The summed E-state index contributed by atoms with van der Waals surface area (Å²) < 4.78 is 20.5. The van der Waals surface area contributed by atoms with Crippen LogP contribution in [-0.4, -0.2) is 71.2 Å². The third-order valence-corrected chi connectivity index (χ3v) is 5.28. The van der Waals surface area contributed by atoms with Gasteiger partial charge in [-0.1, -0.05) is 13.5 Å². The molecule has 1 aliphatic heterocycles. The van der Waals surface area contributed by atoms with Crippen LogP contribution in [0.2, 0.25) is 0 Å². The molecule has 2 heterocycles. The quantitative estimate of drug-likeness (QED) is 0.715. The lowest BCUT2D eigenvalue weighted by Crippen LogP contribution is -2.45. The highest BCUT2D eigenvalue weighted by Gasteiger charge is 2.34. The Morgan fingerprint density at radius 3 is 2.72 bits per heavy atom. The van der Waals surface area contributed by atoms with Gasteiger partial charge in [-0.25, -0.2) is 4.39 Å². The topological polar surface area (TPSA) is 82.8 Å². The van der Waals surface area contributed by atoms with Gasteiger partial charge in [0.1, 0.15) is 17.3 Å². The number of hydrogen-bond donors (Lipinski definition) is 2. The molecule has 2 atom stereocenters. The van der Waals surface area contributed by atoms with E-state index in [9.17, 15) is 4.39 Å². The number of H-pyrrole nitrogens is 1. The van der Waals surface area contributed by atoms with Crippen LogP contribution in [0.4, 0.5) is 4.39 Å². The number of hydrogen-bond acceptors (Lipinski definition) is 6. The number of aromatic nitrogens is 2. The first kappa shape index (κ1) is 21.1. The number of fused-ring (bicyclic) bond motifs is 1. The van der Waals surface area contributed by atoms with Gasteiger partial charge in [0.25, 0.3) is 0 Å². The molecular weight excluding hydrogens is 371 g/mol. The summed E-state index contributed by atoms with van der Waals surface area (Å²) in [6, 6.07) is 0. The number of nitrogens with zero attached hydrogens (tertiary/aromatic N) is 4. The van der Waals surface area contributed by atoms with Gasteiger partial charge in [0.2, 0.25) is 0 Å². The molecule has 3 rings (SSSR count). The SMILES string of the molecule is C=C/N=C(\C=C(/N)N1CCN(C)CC1)c1n[nH]c2c1C=C(OC(C)C)[C@@H](F)[C@H]2C. The van der Waals surface area contributed by atoms with Crippen LogP contribution in [0.1, 0.15) is 43.6 Å². The van der Waals surface area contributed by atoms with Gasteiger partial charge in [0, 0.05) is 55.6 Å². The summed E-state index contributed by atoms with van der Waals surface area (Å²) in [5.74, 6) is 0.552. The Morgan fingerprint density at radius 2 is 2.10 bits per heavy atom. The average molecular weight is 403 g/mol. The highest BCUT2D eigenvalue weighted by Crippen LogP contribution is 2.37. The largest absolute Gasteiger partial charge is 0.492 e. The fourth-order valence-electron chi connectivity index (χ4n) is 3.60. The zero-order chi connectivity index (χ0) is 21.1. The van der Waals surface area contributed by atoms with Crippen molar-refractivity contribution in [2.75, 3.05) is 33.2 Å². The first-order chi connectivity index (χ1) is 13.8. The molecule has 158 valence electrons. The minimum atomic E-state index is -1.22. The van der Waals surface area contributed by atoms with Crippen LogP contribution in [0.5, 0.6) is 0 Å². The number of nitrogens with two attached hydrogens (primary N) is 1. The van der Waals surface area contributed by atoms with Gasteiger partial charge >= 0.3 is 0 Å². The summed E-state index contributed by atoms with van der Waals surface area (Å²) in [5.41, 5.74) is 9.07. The van der Waals surface area contributed by atoms with Gasteiger partial charge in [0.05, 0.1) is 11.8 Å². The highest BCUT2D eigenvalue weighted by molar-refractivity contribution is 6.10. The summed E-state index contributed by atoms with van der Waals surface area (Å²) in [6.07, 6.45) is 3.66. The van der Waals surface area contributed by atoms with E-state index in [4.69, 9.17) is 10.5 Å². The smallest absolute Gasteiger partial charge is 0.165 e. The third-order valence-electron chi connectivity index (χ3n) is 5.28. The summed E-state index contributed by atoms with van der Waals surface area (Å²) in [5, 5.41) is 7.41. The molecule has 1 aromatic heterocycles. The van der Waals surface area contributed by atoms with Crippen molar-refractivity contribution in [1.82, 2.24) is 20.0 Å². The van der Waals surface area contributed by atoms with Crippen molar-refractivity contribution in [3.63, 3.8) is 0 Å². The van der Waals surface area contributed by atoms with E-state index >= 15 is 0 Å². The van der Waals surface area contributed by atoms with E-state index in [1.807, 2.05) is 26.8 Å². The number of halogens is 1. The number of aromatic amines is 1. The highest BCUT2D eigenvalue weighted by atomic mass is 19.1. The normalized spacial score (nSPS) is 23.8. The molecule has 0 aromatic carbocycles. The van der Waals surface area contributed by atoms with Crippen molar-refractivity contribution in [2.45, 2.75) is 39.0 Å². The number of allylic oxidation sites excluding steroid dienone is 2. The number of alkyl halides is 1. The van der Waals surface area contributed by atoms with Crippen LogP contribution < -0.4 is 5.73 Å². The summed E-state index contributed by atoms with van der Waals surface area (Å²) in [7, 11) is 2.10. The third kappa shape index (κ3) is 4.53. The van der Waals surface area contributed by atoms with Crippen molar-refractivity contribution >= 4 is 11.8 Å². The minimum Gasteiger partial charge on any atom is -0.492 e. The molecule has 0 amide bonds. The number of piperazine rings is 1. The molecule has 0 radical (unpaired) electrons. The van der Waals surface area contributed by atoms with Gasteiger partial charge in [-0.15, -0.1) is 0 Å². The maximum atomic E-state index is 14.8. The molecule has 8 heteroatoms. The van der Waals surface area contributed by atoms with Crippen molar-refractivity contribution in [3.05, 3.63) is 47.4 Å². The zero-order valence-corrected chi connectivity index (χ0v) is 17.7. The van der Waals surface area contributed by atoms with Crippen LogP contribution >= 0.6 is 0 Å².